The number of rotatable bonds is 7. The molecule has 0 spiro atoms. The normalized spacial score (nSPS) is 14.6. The summed E-state index contributed by atoms with van der Waals surface area (Å²) in [6.07, 6.45) is -0.236. The van der Waals surface area contributed by atoms with Gasteiger partial charge in [0.15, 0.2) is 11.5 Å². The van der Waals surface area contributed by atoms with Gasteiger partial charge in [-0.1, -0.05) is 0 Å². The molecule has 2 unspecified atom stereocenters. The van der Waals surface area contributed by atoms with Crippen molar-refractivity contribution in [3.05, 3.63) is 17.7 Å². The number of sulfonamides is 1. The Balaban J connectivity index is 3.13. The van der Waals surface area contributed by atoms with Crippen LogP contribution in [-0.4, -0.2) is 39.9 Å². The molecule has 0 fully saturated rings. The van der Waals surface area contributed by atoms with Crippen LogP contribution in [0.15, 0.2) is 17.0 Å². The standard InChI is InChI=1S/C14H23NO5S/c1-9-6-12(19-4)13(20-5)8-14(9)21(17,18)15-10(2)7-11(3)16/h6,8,10-11,15-16H,7H2,1-5H3. The number of ether oxygens (including phenoxy) is 2. The second-order valence-corrected chi connectivity index (χ2v) is 6.76. The Kier molecular flexibility index (Phi) is 6.00. The van der Waals surface area contributed by atoms with Crippen molar-refractivity contribution in [3.63, 3.8) is 0 Å². The molecule has 2 N–H and O–H groups in total. The zero-order chi connectivity index (χ0) is 16.2. The van der Waals surface area contributed by atoms with Crippen LogP contribution in [0.5, 0.6) is 11.5 Å². The van der Waals surface area contributed by atoms with E-state index in [1.807, 2.05) is 0 Å². The first-order valence-corrected chi connectivity index (χ1v) is 8.12. The van der Waals surface area contributed by atoms with Crippen LogP contribution in [0.2, 0.25) is 0 Å². The molecule has 21 heavy (non-hydrogen) atoms. The van der Waals surface area contributed by atoms with E-state index in [-0.39, 0.29) is 10.9 Å². The lowest BCUT2D eigenvalue weighted by molar-refractivity contribution is 0.175. The predicted molar refractivity (Wildman–Crippen MR) is 80.4 cm³/mol. The molecule has 0 radical (unpaired) electrons. The van der Waals surface area contributed by atoms with E-state index in [0.717, 1.165) is 0 Å². The van der Waals surface area contributed by atoms with Crippen LogP contribution < -0.4 is 14.2 Å². The summed E-state index contributed by atoms with van der Waals surface area (Å²) in [5, 5.41) is 9.32. The van der Waals surface area contributed by atoms with E-state index in [1.165, 1.54) is 20.3 Å². The number of aliphatic hydroxyl groups excluding tert-OH is 1. The maximum Gasteiger partial charge on any atom is 0.241 e. The fourth-order valence-electron chi connectivity index (χ4n) is 2.14. The van der Waals surface area contributed by atoms with E-state index in [2.05, 4.69) is 4.72 Å². The van der Waals surface area contributed by atoms with E-state index in [9.17, 15) is 13.5 Å². The van der Waals surface area contributed by atoms with Crippen LogP contribution in [-0.2, 0) is 10.0 Å². The van der Waals surface area contributed by atoms with Gasteiger partial charge in [0.25, 0.3) is 0 Å². The molecule has 2 atom stereocenters. The molecular weight excluding hydrogens is 294 g/mol. The number of aryl methyl sites for hydroxylation is 1. The van der Waals surface area contributed by atoms with Crippen molar-refractivity contribution in [2.24, 2.45) is 0 Å². The summed E-state index contributed by atoms with van der Waals surface area (Å²) < 4.78 is 37.7. The van der Waals surface area contributed by atoms with Gasteiger partial charge in [0.2, 0.25) is 10.0 Å². The smallest absolute Gasteiger partial charge is 0.241 e. The Hall–Kier alpha value is -1.31. The molecule has 0 aliphatic heterocycles. The Labute approximate surface area is 126 Å². The Morgan fingerprint density at radius 3 is 2.19 bits per heavy atom. The molecule has 7 heteroatoms. The van der Waals surface area contributed by atoms with Crippen molar-refractivity contribution in [1.29, 1.82) is 0 Å². The molecule has 0 aliphatic rings. The molecule has 0 aromatic heterocycles. The second kappa shape index (κ2) is 7.11. The van der Waals surface area contributed by atoms with Crippen LogP contribution in [0.25, 0.3) is 0 Å². The largest absolute Gasteiger partial charge is 0.493 e. The minimum atomic E-state index is -3.69. The Morgan fingerprint density at radius 1 is 1.19 bits per heavy atom. The van der Waals surface area contributed by atoms with Crippen molar-refractivity contribution in [3.8, 4) is 11.5 Å². The summed E-state index contributed by atoms with van der Waals surface area (Å²) in [6.45, 7) is 5.02. The first-order valence-electron chi connectivity index (χ1n) is 6.64. The number of hydrogen-bond acceptors (Lipinski definition) is 5. The van der Waals surface area contributed by atoms with E-state index in [4.69, 9.17) is 9.47 Å². The minimum Gasteiger partial charge on any atom is -0.493 e. The van der Waals surface area contributed by atoms with Gasteiger partial charge in [-0.2, -0.15) is 0 Å². The van der Waals surface area contributed by atoms with Gasteiger partial charge in [0.05, 0.1) is 25.2 Å². The zero-order valence-corrected chi connectivity index (χ0v) is 13.8. The van der Waals surface area contributed by atoms with Gasteiger partial charge in [-0.3, -0.25) is 0 Å². The average Bonchev–Trinajstić information content (AvgIpc) is 2.36. The third-order valence-electron chi connectivity index (χ3n) is 3.02. The predicted octanol–water partition coefficient (Wildman–Crippen LogP) is 1.45. The van der Waals surface area contributed by atoms with Crippen LogP contribution in [0.1, 0.15) is 25.8 Å². The van der Waals surface area contributed by atoms with Crippen molar-refractivity contribution in [2.45, 2.75) is 44.2 Å². The van der Waals surface area contributed by atoms with E-state index < -0.39 is 16.1 Å². The van der Waals surface area contributed by atoms with Crippen molar-refractivity contribution >= 4 is 10.0 Å². The number of nitrogens with one attached hydrogen (secondary N) is 1. The summed E-state index contributed by atoms with van der Waals surface area (Å²) in [5.41, 5.74) is 0.560. The van der Waals surface area contributed by atoms with Gasteiger partial charge >= 0.3 is 0 Å². The maximum absolute atomic E-state index is 12.4. The highest BCUT2D eigenvalue weighted by Gasteiger charge is 2.22. The summed E-state index contributed by atoms with van der Waals surface area (Å²) in [7, 11) is -0.744. The molecule has 1 aromatic carbocycles. The molecule has 1 rings (SSSR count). The summed E-state index contributed by atoms with van der Waals surface area (Å²) in [5.74, 6) is 0.831. The lowest BCUT2D eigenvalue weighted by atomic mass is 10.2. The van der Waals surface area contributed by atoms with E-state index >= 15 is 0 Å². The number of aliphatic hydroxyl groups is 1. The third-order valence-corrected chi connectivity index (χ3v) is 4.75. The Morgan fingerprint density at radius 2 is 1.71 bits per heavy atom. The molecule has 0 bridgehead atoms. The highest BCUT2D eigenvalue weighted by atomic mass is 32.2. The first kappa shape index (κ1) is 17.7. The fraction of sp³-hybridized carbons (Fsp3) is 0.571. The monoisotopic (exact) mass is 317 g/mol. The SMILES string of the molecule is COc1cc(C)c(S(=O)(=O)NC(C)CC(C)O)cc1OC. The van der Waals surface area contributed by atoms with Gasteiger partial charge in [0, 0.05) is 12.1 Å². The molecule has 120 valence electrons. The molecule has 0 saturated carbocycles. The van der Waals surface area contributed by atoms with Crippen LogP contribution in [0, 0.1) is 6.92 Å². The van der Waals surface area contributed by atoms with Crippen LogP contribution in [0.4, 0.5) is 0 Å². The minimum absolute atomic E-state index is 0.137. The lowest BCUT2D eigenvalue weighted by Gasteiger charge is -2.18. The molecule has 0 amide bonds. The summed E-state index contributed by atoms with van der Waals surface area (Å²) in [6, 6.07) is 2.68. The summed E-state index contributed by atoms with van der Waals surface area (Å²) in [4.78, 5) is 0.137. The number of methoxy groups -OCH3 is 2. The number of benzene rings is 1. The van der Waals surface area contributed by atoms with Crippen molar-refractivity contribution < 1.29 is 23.0 Å². The molecule has 0 heterocycles. The van der Waals surface area contributed by atoms with Gasteiger partial charge in [0.1, 0.15) is 0 Å². The van der Waals surface area contributed by atoms with E-state index in [1.54, 1.807) is 26.8 Å². The molecule has 1 aromatic rings. The first-order chi connectivity index (χ1) is 9.71. The average molecular weight is 317 g/mol. The zero-order valence-electron chi connectivity index (χ0n) is 13.0. The highest BCUT2D eigenvalue weighted by molar-refractivity contribution is 7.89. The molecule has 0 aliphatic carbocycles. The quantitative estimate of drug-likeness (QED) is 0.795. The van der Waals surface area contributed by atoms with Crippen molar-refractivity contribution in [1.82, 2.24) is 4.72 Å². The topological polar surface area (TPSA) is 84.9 Å². The summed E-state index contributed by atoms with van der Waals surface area (Å²) >= 11 is 0. The third kappa shape index (κ3) is 4.59. The molecular formula is C14H23NO5S. The fourth-order valence-corrected chi connectivity index (χ4v) is 3.64. The van der Waals surface area contributed by atoms with Gasteiger partial charge < -0.3 is 14.6 Å². The van der Waals surface area contributed by atoms with E-state index in [0.29, 0.717) is 23.5 Å². The lowest BCUT2D eigenvalue weighted by Crippen LogP contribution is -2.35. The van der Waals surface area contributed by atoms with Crippen molar-refractivity contribution in [2.75, 3.05) is 14.2 Å². The van der Waals surface area contributed by atoms with Crippen LogP contribution >= 0.6 is 0 Å². The molecule has 6 nitrogen and oxygen atoms in total. The Bertz CT molecular complexity index is 583. The van der Waals surface area contributed by atoms with Gasteiger partial charge in [-0.25, -0.2) is 13.1 Å². The van der Waals surface area contributed by atoms with Crippen LogP contribution in [0.3, 0.4) is 0 Å². The second-order valence-electron chi connectivity index (χ2n) is 5.08. The van der Waals surface area contributed by atoms with Gasteiger partial charge in [-0.05, 0) is 38.8 Å². The molecule has 0 saturated heterocycles. The highest BCUT2D eigenvalue weighted by Crippen LogP contribution is 2.32. The number of hydrogen-bond donors (Lipinski definition) is 2. The van der Waals surface area contributed by atoms with Gasteiger partial charge in [-0.15, -0.1) is 0 Å². The maximum atomic E-state index is 12.4.